The molecule has 2 aliphatic heterocycles. The van der Waals surface area contributed by atoms with E-state index < -0.39 is 0 Å². The molecule has 116 valence electrons. The molecule has 1 aliphatic carbocycles. The van der Waals surface area contributed by atoms with Crippen molar-refractivity contribution >= 4 is 0 Å². The first-order valence-corrected chi connectivity index (χ1v) is 8.99. The number of nitrogens with one attached hydrogen (secondary N) is 1. The van der Waals surface area contributed by atoms with E-state index in [4.69, 9.17) is 0 Å². The van der Waals surface area contributed by atoms with Gasteiger partial charge >= 0.3 is 0 Å². The fourth-order valence-corrected chi connectivity index (χ4v) is 4.54. The molecule has 3 atom stereocenters. The van der Waals surface area contributed by atoms with Crippen molar-refractivity contribution in [3.63, 3.8) is 0 Å². The fourth-order valence-electron chi connectivity index (χ4n) is 4.54. The van der Waals surface area contributed by atoms with E-state index >= 15 is 0 Å². The van der Waals surface area contributed by atoms with Crippen LogP contribution in [0, 0.1) is 5.92 Å². The van der Waals surface area contributed by atoms with E-state index in [9.17, 15) is 0 Å². The van der Waals surface area contributed by atoms with Gasteiger partial charge < -0.3 is 15.1 Å². The van der Waals surface area contributed by atoms with Crippen LogP contribution in [0.25, 0.3) is 0 Å². The van der Waals surface area contributed by atoms with Gasteiger partial charge in [0, 0.05) is 18.6 Å². The third-order valence-corrected chi connectivity index (χ3v) is 5.93. The quantitative estimate of drug-likeness (QED) is 0.753. The predicted molar refractivity (Wildman–Crippen MR) is 85.1 cm³/mol. The minimum atomic E-state index is 0.814. The largest absolute Gasteiger partial charge is 0.314 e. The zero-order valence-electron chi connectivity index (χ0n) is 13.3. The molecule has 0 aromatic rings. The Kier molecular flexibility index (Phi) is 5.36. The highest BCUT2D eigenvalue weighted by atomic mass is 15.2. The molecule has 1 N–H and O–H groups in total. The lowest BCUT2D eigenvalue weighted by molar-refractivity contribution is 0.184. The number of hydrogen-bond acceptors (Lipinski definition) is 3. The van der Waals surface area contributed by atoms with Crippen molar-refractivity contribution < 1.29 is 0 Å². The molecule has 0 aromatic carbocycles. The molecule has 3 unspecified atom stereocenters. The van der Waals surface area contributed by atoms with Crippen molar-refractivity contribution in [2.24, 2.45) is 5.92 Å². The van der Waals surface area contributed by atoms with Crippen LogP contribution in [0.5, 0.6) is 0 Å². The van der Waals surface area contributed by atoms with Crippen LogP contribution in [0.3, 0.4) is 0 Å². The first-order valence-electron chi connectivity index (χ1n) is 8.99. The summed E-state index contributed by atoms with van der Waals surface area (Å²) in [4.78, 5) is 5.26. The molecule has 3 fully saturated rings. The summed E-state index contributed by atoms with van der Waals surface area (Å²) in [6.07, 6.45) is 11.4. The Morgan fingerprint density at radius 1 is 1.05 bits per heavy atom. The molecule has 3 nitrogen and oxygen atoms in total. The summed E-state index contributed by atoms with van der Waals surface area (Å²) in [5.41, 5.74) is 0. The van der Waals surface area contributed by atoms with Crippen molar-refractivity contribution in [1.82, 2.24) is 15.1 Å². The van der Waals surface area contributed by atoms with E-state index in [2.05, 4.69) is 22.2 Å². The SMILES string of the molecule is CN(CCCNC1CCN2CCC1C2)C1CCCCC1. The zero-order valence-corrected chi connectivity index (χ0v) is 13.3. The summed E-state index contributed by atoms with van der Waals surface area (Å²) < 4.78 is 0. The third-order valence-electron chi connectivity index (χ3n) is 5.93. The smallest absolute Gasteiger partial charge is 0.0120 e. The van der Waals surface area contributed by atoms with Crippen LogP contribution in [0.15, 0.2) is 0 Å². The normalized spacial score (nSPS) is 34.8. The average molecular weight is 279 g/mol. The monoisotopic (exact) mass is 279 g/mol. The Labute approximate surface area is 125 Å². The maximum Gasteiger partial charge on any atom is 0.0120 e. The van der Waals surface area contributed by atoms with E-state index in [0.29, 0.717) is 0 Å². The van der Waals surface area contributed by atoms with Crippen LogP contribution in [-0.4, -0.2) is 61.7 Å². The molecular weight excluding hydrogens is 246 g/mol. The van der Waals surface area contributed by atoms with Gasteiger partial charge in [-0.1, -0.05) is 19.3 Å². The Morgan fingerprint density at radius 2 is 1.85 bits per heavy atom. The molecular formula is C17H33N3. The maximum atomic E-state index is 3.85. The third kappa shape index (κ3) is 3.75. The highest BCUT2D eigenvalue weighted by molar-refractivity contribution is 4.90. The Bertz CT molecular complexity index is 288. The summed E-state index contributed by atoms with van der Waals surface area (Å²) >= 11 is 0. The molecule has 0 spiro atoms. The zero-order chi connectivity index (χ0) is 13.8. The minimum absolute atomic E-state index is 0.814. The van der Waals surface area contributed by atoms with Crippen LogP contribution in [0.4, 0.5) is 0 Å². The van der Waals surface area contributed by atoms with Gasteiger partial charge in [0.15, 0.2) is 0 Å². The topological polar surface area (TPSA) is 18.5 Å². The van der Waals surface area contributed by atoms with Gasteiger partial charge in [0.25, 0.3) is 0 Å². The van der Waals surface area contributed by atoms with Crippen LogP contribution in [-0.2, 0) is 0 Å². The van der Waals surface area contributed by atoms with Crippen LogP contribution in [0.1, 0.15) is 51.4 Å². The molecule has 3 heteroatoms. The second-order valence-electron chi connectivity index (χ2n) is 7.32. The lowest BCUT2D eigenvalue weighted by atomic mass is 9.94. The van der Waals surface area contributed by atoms with Crippen LogP contribution >= 0.6 is 0 Å². The van der Waals surface area contributed by atoms with Gasteiger partial charge in [-0.25, -0.2) is 0 Å². The van der Waals surface area contributed by atoms with Gasteiger partial charge in [-0.15, -0.1) is 0 Å². The fraction of sp³-hybridized carbons (Fsp3) is 1.00. The van der Waals surface area contributed by atoms with Crippen LogP contribution in [0.2, 0.25) is 0 Å². The molecule has 0 radical (unpaired) electrons. The van der Waals surface area contributed by atoms with Crippen molar-refractivity contribution in [3.8, 4) is 0 Å². The van der Waals surface area contributed by atoms with Gasteiger partial charge in [-0.05, 0) is 71.2 Å². The molecule has 3 rings (SSSR count). The van der Waals surface area contributed by atoms with Gasteiger partial charge in [0.1, 0.15) is 0 Å². The number of fused-ring (bicyclic) bond motifs is 2. The van der Waals surface area contributed by atoms with Crippen molar-refractivity contribution in [1.29, 1.82) is 0 Å². The Morgan fingerprint density at radius 3 is 2.70 bits per heavy atom. The molecule has 2 heterocycles. The maximum absolute atomic E-state index is 3.85. The van der Waals surface area contributed by atoms with Crippen molar-refractivity contribution in [3.05, 3.63) is 0 Å². The summed E-state index contributed by atoms with van der Waals surface area (Å²) in [5.74, 6) is 0.944. The molecule has 0 amide bonds. The van der Waals surface area contributed by atoms with Crippen molar-refractivity contribution in [2.45, 2.75) is 63.5 Å². The van der Waals surface area contributed by atoms with Crippen LogP contribution < -0.4 is 5.32 Å². The molecule has 2 saturated heterocycles. The molecule has 3 aliphatic rings. The van der Waals surface area contributed by atoms with E-state index in [1.165, 1.54) is 84.1 Å². The summed E-state index contributed by atoms with van der Waals surface area (Å²) in [5, 5.41) is 3.85. The number of piperidine rings is 1. The van der Waals surface area contributed by atoms with Gasteiger partial charge in [-0.3, -0.25) is 0 Å². The first kappa shape index (κ1) is 14.8. The molecule has 1 saturated carbocycles. The van der Waals surface area contributed by atoms with Gasteiger partial charge in [-0.2, -0.15) is 0 Å². The average Bonchev–Trinajstić information content (AvgIpc) is 2.88. The molecule has 2 bridgehead atoms. The molecule has 0 aromatic heterocycles. The number of rotatable bonds is 6. The predicted octanol–water partition coefficient (Wildman–Crippen LogP) is 2.32. The highest BCUT2D eigenvalue weighted by Crippen LogP contribution is 2.27. The van der Waals surface area contributed by atoms with E-state index in [-0.39, 0.29) is 0 Å². The lowest BCUT2D eigenvalue weighted by Crippen LogP contribution is -2.44. The van der Waals surface area contributed by atoms with Crippen molar-refractivity contribution in [2.75, 3.05) is 39.8 Å². The van der Waals surface area contributed by atoms with Gasteiger partial charge in [0.05, 0.1) is 0 Å². The molecule has 20 heavy (non-hydrogen) atoms. The van der Waals surface area contributed by atoms with E-state index in [0.717, 1.165) is 18.0 Å². The summed E-state index contributed by atoms with van der Waals surface area (Å²) in [6, 6.07) is 1.69. The van der Waals surface area contributed by atoms with Gasteiger partial charge in [0.2, 0.25) is 0 Å². The standard InChI is InChI=1S/C17H33N3/c1-19(16-6-3-2-4-7-16)11-5-10-18-17-9-13-20-12-8-15(17)14-20/h15-18H,2-14H2,1H3. The first-order chi connectivity index (χ1) is 9.83. The Hall–Kier alpha value is -0.120. The number of nitrogens with zero attached hydrogens (tertiary/aromatic N) is 2. The highest BCUT2D eigenvalue weighted by Gasteiger charge is 2.33. The minimum Gasteiger partial charge on any atom is -0.314 e. The van der Waals surface area contributed by atoms with E-state index in [1.54, 1.807) is 0 Å². The van der Waals surface area contributed by atoms with E-state index in [1.807, 2.05) is 0 Å². The second-order valence-corrected chi connectivity index (χ2v) is 7.32. The number of hydrogen-bond donors (Lipinski definition) is 1. The lowest BCUT2D eigenvalue weighted by Gasteiger charge is -2.33. The second kappa shape index (κ2) is 7.24. The summed E-state index contributed by atoms with van der Waals surface area (Å²) in [7, 11) is 2.34. The Balaban J connectivity index is 1.29. The summed E-state index contributed by atoms with van der Waals surface area (Å²) in [6.45, 7) is 6.54.